The van der Waals surface area contributed by atoms with Crippen molar-refractivity contribution in [3.05, 3.63) is 78.5 Å². The fraction of sp³-hybridized carbons (Fsp3) is 0.395. The zero-order chi connectivity index (χ0) is 37.6. The number of aromatic nitrogens is 1. The molecule has 2 amide bonds. The van der Waals surface area contributed by atoms with E-state index in [0.29, 0.717) is 66.5 Å². The molecule has 1 aromatic heterocycles. The second kappa shape index (κ2) is 16.6. The van der Waals surface area contributed by atoms with Crippen LogP contribution in [0.5, 0.6) is 23.0 Å². The zero-order valence-electron chi connectivity index (χ0n) is 29.9. The first kappa shape index (κ1) is 38.1. The first-order valence-electron chi connectivity index (χ1n) is 17.6. The number of piperidine rings is 1. The van der Waals surface area contributed by atoms with Gasteiger partial charge < -0.3 is 33.9 Å². The van der Waals surface area contributed by atoms with E-state index in [-0.39, 0.29) is 23.6 Å². The molecule has 282 valence electrons. The summed E-state index contributed by atoms with van der Waals surface area (Å²) in [5.74, 6) is -0.770. The molecule has 0 unspecified atom stereocenters. The van der Waals surface area contributed by atoms with E-state index in [2.05, 4.69) is 20.5 Å². The topological polar surface area (TPSA) is 138 Å². The summed E-state index contributed by atoms with van der Waals surface area (Å²) in [6.45, 7) is 6.21. The molecule has 1 saturated carbocycles. The molecule has 1 aliphatic carbocycles. The van der Waals surface area contributed by atoms with Gasteiger partial charge in [0.05, 0.1) is 32.4 Å². The highest BCUT2D eigenvalue weighted by Gasteiger charge is 2.56. The number of nitrogens with zero attached hydrogens (tertiary/aromatic N) is 2. The molecule has 12 nitrogen and oxygen atoms in total. The molecular formula is C38H43F2N4O8P. The second-order valence-corrected chi connectivity index (χ2v) is 15.1. The monoisotopic (exact) mass is 752 g/mol. The largest absolute Gasteiger partial charge is 0.493 e. The lowest BCUT2D eigenvalue weighted by atomic mass is 9.98. The molecule has 2 N–H and O–H groups in total. The van der Waals surface area contributed by atoms with E-state index in [9.17, 15) is 18.5 Å². The molecule has 0 radical (unpaired) electrons. The molecule has 2 heterocycles. The average molecular weight is 753 g/mol. The minimum atomic E-state index is -3.15. The van der Waals surface area contributed by atoms with Gasteiger partial charge in [0.2, 0.25) is 11.8 Å². The summed E-state index contributed by atoms with van der Waals surface area (Å²) in [6, 6.07) is 14.3. The van der Waals surface area contributed by atoms with Crippen molar-refractivity contribution in [3.63, 3.8) is 0 Å². The third kappa shape index (κ3) is 9.13. The van der Waals surface area contributed by atoms with E-state index in [1.54, 1.807) is 38.2 Å². The van der Waals surface area contributed by atoms with Crippen molar-refractivity contribution in [2.45, 2.75) is 39.5 Å². The molecule has 6 rings (SSSR count). The van der Waals surface area contributed by atoms with Crippen molar-refractivity contribution in [1.29, 1.82) is 0 Å². The van der Waals surface area contributed by atoms with Crippen LogP contribution in [0.15, 0.2) is 66.9 Å². The van der Waals surface area contributed by atoms with E-state index in [1.807, 2.05) is 0 Å². The van der Waals surface area contributed by atoms with Crippen LogP contribution in [-0.2, 0) is 23.2 Å². The van der Waals surface area contributed by atoms with Crippen molar-refractivity contribution in [2.75, 3.05) is 56.9 Å². The molecule has 15 heteroatoms. The van der Waals surface area contributed by atoms with E-state index in [4.69, 9.17) is 23.3 Å². The van der Waals surface area contributed by atoms with Gasteiger partial charge in [-0.2, -0.15) is 0 Å². The molecule has 4 aromatic rings. The smallest absolute Gasteiger partial charge is 0.344 e. The Hall–Kier alpha value is -4.62. The number of benzene rings is 3. The first-order valence-corrected chi connectivity index (χ1v) is 19.3. The standard InChI is InChI=1S/C38H43F2N4O8P/c1-4-50-53(47,51-5-2)24-44-18-13-25(14-19-44)23-49-35-22-31-29(21-34(35)48-3)32(12-17-41-31)52-33-11-10-28(20-30(33)40)43-37(46)38(15-16-38)36(45)42-27-8-6-26(39)7-9-27/h6-12,17,20-22,25H,4-5,13-16,18-19,23-24H2,1-3H3,(H,42,45)(H,43,46). The Kier molecular flexibility index (Phi) is 11.9. The number of carbonyl (C=O) groups excluding carboxylic acids is 2. The van der Waals surface area contributed by atoms with Crippen molar-refractivity contribution in [2.24, 2.45) is 11.3 Å². The van der Waals surface area contributed by atoms with Gasteiger partial charge in [-0.05, 0) is 107 Å². The number of hydrogen-bond acceptors (Lipinski definition) is 10. The molecule has 3 aromatic carbocycles. The molecule has 1 aliphatic heterocycles. The van der Waals surface area contributed by atoms with Gasteiger partial charge in [0, 0.05) is 35.1 Å². The Morgan fingerprint density at radius 1 is 0.868 bits per heavy atom. The summed E-state index contributed by atoms with van der Waals surface area (Å²) in [5, 5.41) is 5.86. The van der Waals surface area contributed by atoms with Crippen molar-refractivity contribution in [1.82, 2.24) is 9.88 Å². The summed E-state index contributed by atoms with van der Waals surface area (Å²) in [5.41, 5.74) is -0.220. The fourth-order valence-corrected chi connectivity index (χ4v) is 8.04. The van der Waals surface area contributed by atoms with E-state index in [1.165, 1.54) is 43.5 Å². The number of hydrogen-bond donors (Lipinski definition) is 2. The molecule has 0 spiro atoms. The predicted octanol–water partition coefficient (Wildman–Crippen LogP) is 7.99. The number of fused-ring (bicyclic) bond motifs is 1. The minimum Gasteiger partial charge on any atom is -0.493 e. The third-order valence-electron chi connectivity index (χ3n) is 9.32. The van der Waals surface area contributed by atoms with E-state index >= 15 is 4.39 Å². The Bertz CT molecular complexity index is 1980. The lowest BCUT2D eigenvalue weighted by Gasteiger charge is -2.33. The number of halogens is 2. The van der Waals surface area contributed by atoms with Gasteiger partial charge in [-0.1, -0.05) is 0 Å². The number of likely N-dealkylation sites (tertiary alicyclic amines) is 1. The summed E-state index contributed by atoms with van der Waals surface area (Å²) in [7, 11) is -1.62. The number of rotatable bonds is 16. The Morgan fingerprint density at radius 2 is 1.53 bits per heavy atom. The number of ether oxygens (including phenoxy) is 3. The van der Waals surface area contributed by atoms with Crippen molar-refractivity contribution >= 4 is 41.7 Å². The number of nitrogens with one attached hydrogen (secondary N) is 2. The van der Waals surface area contributed by atoms with Gasteiger partial charge in [0.1, 0.15) is 23.3 Å². The fourth-order valence-electron chi connectivity index (χ4n) is 6.25. The van der Waals surface area contributed by atoms with Gasteiger partial charge in [-0.3, -0.25) is 24.0 Å². The van der Waals surface area contributed by atoms with Crippen LogP contribution < -0.4 is 24.8 Å². The van der Waals surface area contributed by atoms with Crippen LogP contribution in [0.2, 0.25) is 0 Å². The Balaban J connectivity index is 1.07. The summed E-state index contributed by atoms with van der Waals surface area (Å²) in [6.07, 6.45) is 4.18. The van der Waals surface area contributed by atoms with Crippen LogP contribution in [0.25, 0.3) is 10.9 Å². The van der Waals surface area contributed by atoms with Gasteiger partial charge in [-0.15, -0.1) is 0 Å². The van der Waals surface area contributed by atoms with Gasteiger partial charge in [-0.25, -0.2) is 8.78 Å². The molecule has 2 fully saturated rings. The second-order valence-electron chi connectivity index (χ2n) is 13.0. The van der Waals surface area contributed by atoms with Crippen LogP contribution >= 0.6 is 7.60 Å². The van der Waals surface area contributed by atoms with Crippen LogP contribution in [0.3, 0.4) is 0 Å². The van der Waals surface area contributed by atoms with Gasteiger partial charge in [0.25, 0.3) is 0 Å². The number of anilines is 2. The highest BCUT2D eigenvalue weighted by atomic mass is 31.2. The molecule has 1 saturated heterocycles. The Labute approximate surface area is 306 Å². The van der Waals surface area contributed by atoms with Crippen LogP contribution in [0, 0.1) is 23.0 Å². The normalized spacial score (nSPS) is 15.9. The summed E-state index contributed by atoms with van der Waals surface area (Å²) in [4.78, 5) is 32.6. The maximum absolute atomic E-state index is 15.4. The third-order valence-corrected chi connectivity index (χ3v) is 11.4. The van der Waals surface area contributed by atoms with Crippen molar-refractivity contribution in [3.8, 4) is 23.0 Å². The summed E-state index contributed by atoms with van der Waals surface area (Å²) >= 11 is 0. The molecule has 53 heavy (non-hydrogen) atoms. The minimum absolute atomic E-state index is 0.0878. The highest BCUT2D eigenvalue weighted by Crippen LogP contribution is 2.49. The van der Waals surface area contributed by atoms with Crippen LogP contribution in [-0.4, -0.2) is 68.0 Å². The highest BCUT2D eigenvalue weighted by molar-refractivity contribution is 7.53. The average Bonchev–Trinajstić information content (AvgIpc) is 3.96. The lowest BCUT2D eigenvalue weighted by Crippen LogP contribution is -2.36. The maximum Gasteiger partial charge on any atom is 0.344 e. The van der Waals surface area contributed by atoms with E-state index in [0.717, 1.165) is 32.0 Å². The Morgan fingerprint density at radius 3 is 2.15 bits per heavy atom. The summed E-state index contributed by atoms with van der Waals surface area (Å²) < 4.78 is 70.3. The van der Waals surface area contributed by atoms with Crippen LogP contribution in [0.4, 0.5) is 20.2 Å². The molecule has 2 aliphatic rings. The molecule has 0 bridgehead atoms. The zero-order valence-corrected chi connectivity index (χ0v) is 30.8. The quantitative estimate of drug-likeness (QED) is 0.0856. The van der Waals surface area contributed by atoms with Gasteiger partial charge >= 0.3 is 7.60 Å². The van der Waals surface area contributed by atoms with E-state index < -0.39 is 36.5 Å². The number of amides is 2. The predicted molar refractivity (Wildman–Crippen MR) is 196 cm³/mol. The SMILES string of the molecule is CCOP(=O)(CN1CCC(COc2cc3nccc(Oc4ccc(NC(=O)C5(C(=O)Nc6ccc(F)cc6)CC5)cc4F)c3cc2OC)CC1)OCC. The number of methoxy groups -OCH3 is 1. The van der Waals surface area contributed by atoms with Crippen molar-refractivity contribution < 1.29 is 46.2 Å². The van der Waals surface area contributed by atoms with Gasteiger partial charge in [0.15, 0.2) is 23.1 Å². The number of pyridine rings is 1. The molecule has 0 atom stereocenters. The first-order chi connectivity index (χ1) is 25.5. The molecular weight excluding hydrogens is 709 g/mol. The lowest BCUT2D eigenvalue weighted by molar-refractivity contribution is -0.131. The van der Waals surface area contributed by atoms with Crippen LogP contribution in [0.1, 0.15) is 39.5 Å². The number of carbonyl (C=O) groups is 2. The maximum atomic E-state index is 15.4.